The van der Waals surface area contributed by atoms with E-state index < -0.39 is 0 Å². The zero-order valence-corrected chi connectivity index (χ0v) is 15.0. The highest BCUT2D eigenvalue weighted by atomic mass is 32.1. The number of rotatable bonds is 4. The van der Waals surface area contributed by atoms with Gasteiger partial charge in [0.25, 0.3) is 0 Å². The van der Waals surface area contributed by atoms with Crippen LogP contribution in [-0.4, -0.2) is 31.2 Å². The molecule has 0 bridgehead atoms. The first-order valence-corrected chi connectivity index (χ1v) is 9.27. The number of hydrogen-bond donors (Lipinski definition) is 1. The van der Waals surface area contributed by atoms with Crippen LogP contribution in [0.25, 0.3) is 11.3 Å². The monoisotopic (exact) mass is 381 g/mol. The van der Waals surface area contributed by atoms with Crippen molar-refractivity contribution in [1.29, 1.82) is 0 Å². The highest BCUT2D eigenvalue weighted by molar-refractivity contribution is 7.14. The summed E-state index contributed by atoms with van der Waals surface area (Å²) in [4.78, 5) is 4.57. The zero-order chi connectivity index (χ0) is 18.1. The van der Waals surface area contributed by atoms with Crippen molar-refractivity contribution in [3.8, 4) is 34.3 Å². The molecule has 1 N–H and O–H groups in total. The van der Waals surface area contributed by atoms with Crippen LogP contribution in [0.15, 0.2) is 46.9 Å². The minimum atomic E-state index is 0.260. The van der Waals surface area contributed by atoms with Gasteiger partial charge in [-0.3, -0.25) is 5.43 Å². The maximum absolute atomic E-state index is 5.63. The Morgan fingerprint density at radius 2 is 1.70 bits per heavy atom. The fourth-order valence-corrected chi connectivity index (χ4v) is 3.48. The summed E-state index contributed by atoms with van der Waals surface area (Å²) < 4.78 is 21.8. The number of fused-ring (bicyclic) bond motifs is 2. The average Bonchev–Trinajstić information content (AvgIpc) is 3.37. The lowest BCUT2D eigenvalue weighted by molar-refractivity contribution is 0.171. The highest BCUT2D eigenvalue weighted by Crippen LogP contribution is 2.35. The smallest absolute Gasteiger partial charge is 0.231 e. The summed E-state index contributed by atoms with van der Waals surface area (Å²) in [6.07, 6.45) is 1.72. The molecule has 7 nitrogen and oxygen atoms in total. The molecular weight excluding hydrogens is 366 g/mol. The third-order valence-corrected chi connectivity index (χ3v) is 4.86. The van der Waals surface area contributed by atoms with Crippen LogP contribution in [0.3, 0.4) is 0 Å². The zero-order valence-electron chi connectivity index (χ0n) is 14.2. The first kappa shape index (κ1) is 16.0. The van der Waals surface area contributed by atoms with Crippen LogP contribution in [0.1, 0.15) is 5.56 Å². The molecule has 8 heteroatoms. The summed E-state index contributed by atoms with van der Waals surface area (Å²) in [7, 11) is 0. The average molecular weight is 381 g/mol. The molecule has 0 atom stereocenters. The third kappa shape index (κ3) is 3.26. The van der Waals surface area contributed by atoms with E-state index in [0.717, 1.165) is 39.8 Å². The van der Waals surface area contributed by atoms with Gasteiger partial charge in [0.1, 0.15) is 13.2 Å². The maximum Gasteiger partial charge on any atom is 0.231 e. The SMILES string of the molecule is C(=N\Nc1nc(-c2ccc3c(c2)OCCO3)cs1)/c1ccc2c(c1)OCO2. The van der Waals surface area contributed by atoms with E-state index in [0.29, 0.717) is 18.3 Å². The van der Waals surface area contributed by atoms with Crippen molar-refractivity contribution >= 4 is 22.7 Å². The third-order valence-electron chi connectivity index (χ3n) is 4.11. The number of thiazole rings is 1. The van der Waals surface area contributed by atoms with E-state index in [-0.39, 0.29) is 6.79 Å². The Morgan fingerprint density at radius 3 is 2.67 bits per heavy atom. The standard InChI is InChI=1S/C19H15N3O4S/c1-3-16-17(26-11-25-16)7-12(1)9-20-22-19-21-14(10-27-19)13-2-4-15-18(8-13)24-6-5-23-15/h1-4,7-10H,5-6,11H2,(H,21,22)/b20-9+. The van der Waals surface area contributed by atoms with Crippen molar-refractivity contribution in [2.75, 3.05) is 25.4 Å². The quantitative estimate of drug-likeness (QED) is 0.548. The molecule has 136 valence electrons. The molecule has 2 aliphatic rings. The van der Waals surface area contributed by atoms with Gasteiger partial charge < -0.3 is 18.9 Å². The molecule has 0 spiro atoms. The molecule has 3 aromatic rings. The predicted octanol–water partition coefficient (Wildman–Crippen LogP) is 3.76. The molecule has 0 radical (unpaired) electrons. The second-order valence-electron chi connectivity index (χ2n) is 5.88. The lowest BCUT2D eigenvalue weighted by Crippen LogP contribution is -2.15. The number of nitrogens with zero attached hydrogens (tertiary/aromatic N) is 2. The molecule has 0 amide bonds. The van der Waals surface area contributed by atoms with Crippen LogP contribution in [0.2, 0.25) is 0 Å². The van der Waals surface area contributed by atoms with Crippen molar-refractivity contribution in [2.24, 2.45) is 5.10 Å². The summed E-state index contributed by atoms with van der Waals surface area (Å²) in [5.41, 5.74) is 5.71. The van der Waals surface area contributed by atoms with Crippen molar-refractivity contribution < 1.29 is 18.9 Å². The molecule has 3 heterocycles. The van der Waals surface area contributed by atoms with Gasteiger partial charge in [0.15, 0.2) is 23.0 Å². The molecule has 5 rings (SSSR count). The van der Waals surface area contributed by atoms with Crippen LogP contribution in [0.4, 0.5) is 5.13 Å². The van der Waals surface area contributed by atoms with Gasteiger partial charge in [0, 0.05) is 10.9 Å². The highest BCUT2D eigenvalue weighted by Gasteiger charge is 2.14. The topological polar surface area (TPSA) is 74.2 Å². The van der Waals surface area contributed by atoms with Crippen molar-refractivity contribution in [1.82, 2.24) is 4.98 Å². The minimum Gasteiger partial charge on any atom is -0.486 e. The van der Waals surface area contributed by atoms with Gasteiger partial charge in [0.05, 0.1) is 11.9 Å². The lowest BCUT2D eigenvalue weighted by Gasteiger charge is -2.18. The van der Waals surface area contributed by atoms with Gasteiger partial charge in [-0.2, -0.15) is 5.10 Å². The fourth-order valence-electron chi connectivity index (χ4n) is 2.82. The second-order valence-corrected chi connectivity index (χ2v) is 6.74. The van der Waals surface area contributed by atoms with E-state index in [4.69, 9.17) is 18.9 Å². The Kier molecular flexibility index (Phi) is 4.02. The Balaban J connectivity index is 1.28. The van der Waals surface area contributed by atoms with Crippen molar-refractivity contribution in [3.05, 3.63) is 47.3 Å². The number of hydrazone groups is 1. The molecule has 0 aliphatic carbocycles. The minimum absolute atomic E-state index is 0.260. The Labute approximate surface area is 159 Å². The molecule has 27 heavy (non-hydrogen) atoms. The molecule has 0 saturated heterocycles. The molecule has 2 aromatic carbocycles. The molecular formula is C19H15N3O4S. The maximum atomic E-state index is 5.63. The number of anilines is 1. The largest absolute Gasteiger partial charge is 0.486 e. The van der Waals surface area contributed by atoms with E-state index in [2.05, 4.69) is 15.5 Å². The van der Waals surface area contributed by atoms with E-state index >= 15 is 0 Å². The van der Waals surface area contributed by atoms with Crippen LogP contribution in [0, 0.1) is 0 Å². The fraction of sp³-hybridized carbons (Fsp3) is 0.158. The molecule has 0 fully saturated rings. The second kappa shape index (κ2) is 6.81. The number of nitrogens with one attached hydrogen (secondary N) is 1. The van der Waals surface area contributed by atoms with Gasteiger partial charge in [-0.25, -0.2) is 4.98 Å². The summed E-state index contributed by atoms with van der Waals surface area (Å²) >= 11 is 1.48. The van der Waals surface area contributed by atoms with Crippen LogP contribution < -0.4 is 24.4 Å². The summed E-state index contributed by atoms with van der Waals surface area (Å²) in [5.74, 6) is 3.01. The number of aromatic nitrogens is 1. The normalized spacial score (nSPS) is 14.5. The summed E-state index contributed by atoms with van der Waals surface area (Å²) in [6.45, 7) is 1.41. The van der Waals surface area contributed by atoms with E-state index in [1.165, 1.54) is 11.3 Å². The van der Waals surface area contributed by atoms with E-state index in [1.54, 1.807) is 6.21 Å². The molecule has 0 unspecified atom stereocenters. The number of ether oxygens (including phenoxy) is 4. The first-order valence-electron chi connectivity index (χ1n) is 8.39. The van der Waals surface area contributed by atoms with E-state index in [9.17, 15) is 0 Å². The van der Waals surface area contributed by atoms with Crippen LogP contribution >= 0.6 is 11.3 Å². The van der Waals surface area contributed by atoms with Gasteiger partial charge in [0.2, 0.25) is 11.9 Å². The first-order chi connectivity index (χ1) is 13.3. The Bertz CT molecular complexity index is 1020. The van der Waals surface area contributed by atoms with Gasteiger partial charge in [-0.1, -0.05) is 0 Å². The summed E-state index contributed by atoms with van der Waals surface area (Å²) in [6, 6.07) is 11.5. The Morgan fingerprint density at radius 1 is 0.926 bits per heavy atom. The number of benzene rings is 2. The predicted molar refractivity (Wildman–Crippen MR) is 102 cm³/mol. The van der Waals surface area contributed by atoms with Gasteiger partial charge in [-0.05, 0) is 42.0 Å². The van der Waals surface area contributed by atoms with Crippen LogP contribution in [0.5, 0.6) is 23.0 Å². The molecule has 2 aliphatic heterocycles. The molecule has 1 aromatic heterocycles. The van der Waals surface area contributed by atoms with E-state index in [1.807, 2.05) is 41.8 Å². The molecule has 0 saturated carbocycles. The lowest BCUT2D eigenvalue weighted by atomic mass is 10.1. The summed E-state index contributed by atoms with van der Waals surface area (Å²) in [5, 5.41) is 6.93. The number of hydrogen-bond acceptors (Lipinski definition) is 8. The van der Waals surface area contributed by atoms with Gasteiger partial charge in [-0.15, -0.1) is 11.3 Å². The van der Waals surface area contributed by atoms with Crippen molar-refractivity contribution in [3.63, 3.8) is 0 Å². The van der Waals surface area contributed by atoms with Gasteiger partial charge >= 0.3 is 0 Å². The van der Waals surface area contributed by atoms with Crippen molar-refractivity contribution in [2.45, 2.75) is 0 Å². The Hall–Kier alpha value is -3.26. The van der Waals surface area contributed by atoms with Crippen LogP contribution in [-0.2, 0) is 0 Å².